The van der Waals surface area contributed by atoms with Gasteiger partial charge in [0.25, 0.3) is 0 Å². The van der Waals surface area contributed by atoms with E-state index >= 15 is 0 Å². The summed E-state index contributed by atoms with van der Waals surface area (Å²) < 4.78 is 47.9. The highest BCUT2D eigenvalue weighted by Gasteiger charge is 2.55. The molecule has 0 spiro atoms. The monoisotopic (exact) mass is 587 g/mol. The van der Waals surface area contributed by atoms with Crippen LogP contribution in [-0.2, 0) is 20.4 Å². The minimum Gasteiger partial charge on any atom is -0.495 e. The molecule has 0 unspecified atom stereocenters. The zero-order chi connectivity index (χ0) is 30.1. The van der Waals surface area contributed by atoms with Crippen LogP contribution in [0.2, 0.25) is 0 Å². The van der Waals surface area contributed by atoms with Crippen LogP contribution in [0.15, 0.2) is 72.9 Å². The highest BCUT2D eigenvalue weighted by atomic mass is 32.2. The van der Waals surface area contributed by atoms with Crippen LogP contribution < -0.4 is 15.4 Å². The van der Waals surface area contributed by atoms with Gasteiger partial charge in [0.2, 0.25) is 11.7 Å². The lowest BCUT2D eigenvalue weighted by atomic mass is 9.77. The van der Waals surface area contributed by atoms with Gasteiger partial charge in [0.1, 0.15) is 22.7 Å². The summed E-state index contributed by atoms with van der Waals surface area (Å²) in [5, 5.41) is 1.06. The number of methoxy groups -OCH3 is 1. The number of aromatic nitrogens is 2. The van der Waals surface area contributed by atoms with Crippen molar-refractivity contribution in [2.75, 3.05) is 31.8 Å². The van der Waals surface area contributed by atoms with E-state index in [0.717, 1.165) is 4.31 Å². The van der Waals surface area contributed by atoms with Crippen molar-refractivity contribution in [3.05, 3.63) is 90.0 Å². The number of halogens is 1. The van der Waals surface area contributed by atoms with E-state index in [1.807, 2.05) is 0 Å². The highest BCUT2D eigenvalue weighted by molar-refractivity contribution is 7.87. The molecule has 0 radical (unpaired) electrons. The number of nitrogens with two attached hydrogens (primary N) is 1. The van der Waals surface area contributed by atoms with Crippen LogP contribution in [-0.4, -0.2) is 54.6 Å². The Morgan fingerprint density at radius 1 is 1.02 bits per heavy atom. The summed E-state index contributed by atoms with van der Waals surface area (Å²) in [6.45, 7) is 1.47. The van der Waals surface area contributed by atoms with Gasteiger partial charge in [0.15, 0.2) is 0 Å². The van der Waals surface area contributed by atoms with Crippen molar-refractivity contribution in [2.45, 2.75) is 12.3 Å². The molecule has 0 fully saturated rings. The summed E-state index contributed by atoms with van der Waals surface area (Å²) in [5.74, 6) is -1.45. The first kappa shape index (κ1) is 27.4. The molecule has 2 N–H and O–H groups in total. The quantitative estimate of drug-likeness (QED) is 0.177. The van der Waals surface area contributed by atoms with Crippen LogP contribution in [0.5, 0.6) is 5.75 Å². The molecule has 3 heterocycles. The van der Waals surface area contributed by atoms with E-state index < -0.39 is 33.1 Å². The van der Waals surface area contributed by atoms with Gasteiger partial charge in [0.05, 0.1) is 35.7 Å². The maximum absolute atomic E-state index is 14.4. The summed E-state index contributed by atoms with van der Waals surface area (Å²) >= 11 is 0. The number of nitrogens with zero attached hydrogens (tertiary/aromatic N) is 4. The molecule has 5 aromatic rings. The van der Waals surface area contributed by atoms with Gasteiger partial charge >= 0.3 is 10.2 Å². The number of ketones is 1. The van der Waals surface area contributed by atoms with E-state index in [1.165, 1.54) is 73.5 Å². The van der Waals surface area contributed by atoms with Crippen LogP contribution in [0.3, 0.4) is 0 Å². The topological polar surface area (TPSA) is 128 Å². The van der Waals surface area contributed by atoms with Crippen molar-refractivity contribution >= 4 is 60.8 Å². The number of amides is 1. The summed E-state index contributed by atoms with van der Waals surface area (Å²) in [6.07, 6.45) is 1.32. The summed E-state index contributed by atoms with van der Waals surface area (Å²) in [4.78, 5) is 34.3. The average molecular weight is 588 g/mol. The number of hydrogen-bond acceptors (Lipinski definition) is 7. The number of fused-ring (bicyclic) bond motifs is 4. The molecule has 1 aliphatic rings. The van der Waals surface area contributed by atoms with Crippen molar-refractivity contribution in [2.24, 2.45) is 0 Å². The fourth-order valence-corrected chi connectivity index (χ4v) is 6.73. The average Bonchev–Trinajstić information content (AvgIpc) is 3.43. The lowest BCUT2D eigenvalue weighted by Gasteiger charge is -2.24. The lowest BCUT2D eigenvalue weighted by molar-refractivity contribution is -0.120. The Kier molecular flexibility index (Phi) is 6.10. The minimum atomic E-state index is -3.94. The van der Waals surface area contributed by atoms with Gasteiger partial charge in [-0.3, -0.25) is 19.5 Å². The molecule has 12 heteroatoms. The van der Waals surface area contributed by atoms with E-state index in [4.69, 9.17) is 10.5 Å². The van der Waals surface area contributed by atoms with Gasteiger partial charge < -0.3 is 10.5 Å². The van der Waals surface area contributed by atoms with Crippen molar-refractivity contribution < 1.29 is 27.1 Å². The molecule has 1 amide bonds. The number of para-hydroxylation sites is 1. The molecule has 6 rings (SSSR count). The van der Waals surface area contributed by atoms with Crippen molar-refractivity contribution in [3.8, 4) is 5.75 Å². The number of carbonyl (C=O) groups is 2. The van der Waals surface area contributed by atoms with E-state index in [2.05, 4.69) is 4.98 Å². The zero-order valence-electron chi connectivity index (χ0n) is 23.1. The number of hydrogen-bond donors (Lipinski definition) is 1. The first-order valence-electron chi connectivity index (χ1n) is 12.9. The Morgan fingerprint density at radius 2 is 1.71 bits per heavy atom. The van der Waals surface area contributed by atoms with Crippen molar-refractivity contribution in [3.63, 3.8) is 0 Å². The molecule has 0 aliphatic carbocycles. The fraction of sp³-hybridized carbons (Fsp3) is 0.167. The van der Waals surface area contributed by atoms with Crippen LogP contribution in [0.4, 0.5) is 21.5 Å². The molecule has 1 aliphatic heterocycles. The molecule has 1 atom stereocenters. The molecular formula is C30H26FN5O5S. The minimum absolute atomic E-state index is 0.0577. The van der Waals surface area contributed by atoms with Gasteiger partial charge in [-0.15, -0.1) is 0 Å². The Bertz CT molecular complexity index is 2060. The summed E-state index contributed by atoms with van der Waals surface area (Å²) in [6, 6.07) is 17.0. The van der Waals surface area contributed by atoms with Crippen LogP contribution >= 0.6 is 0 Å². The predicted octanol–water partition coefficient (Wildman–Crippen LogP) is 4.39. The smallest absolute Gasteiger partial charge is 0.308 e. The van der Waals surface area contributed by atoms with Gasteiger partial charge in [-0.05, 0) is 55.5 Å². The molecule has 10 nitrogen and oxygen atoms in total. The maximum atomic E-state index is 14.4. The number of ether oxygens (including phenoxy) is 1. The van der Waals surface area contributed by atoms with E-state index in [1.54, 1.807) is 36.4 Å². The first-order valence-corrected chi connectivity index (χ1v) is 14.3. The maximum Gasteiger partial charge on any atom is 0.308 e. The normalized spacial score (nSPS) is 16.9. The summed E-state index contributed by atoms with van der Waals surface area (Å²) in [5.41, 5.74) is 6.35. The van der Waals surface area contributed by atoms with Crippen LogP contribution in [0, 0.1) is 5.82 Å². The number of benzene rings is 3. The third-order valence-corrected chi connectivity index (χ3v) is 9.53. The number of anilines is 3. The van der Waals surface area contributed by atoms with Gasteiger partial charge in [-0.25, -0.2) is 8.36 Å². The number of pyridine rings is 1. The van der Waals surface area contributed by atoms with Crippen molar-refractivity contribution in [1.82, 2.24) is 13.3 Å². The van der Waals surface area contributed by atoms with Gasteiger partial charge in [-0.1, -0.05) is 18.2 Å². The van der Waals surface area contributed by atoms with Crippen LogP contribution in [0.25, 0.3) is 21.8 Å². The Hall–Kier alpha value is -4.81. The zero-order valence-corrected chi connectivity index (χ0v) is 23.9. The van der Waals surface area contributed by atoms with E-state index in [9.17, 15) is 22.4 Å². The predicted molar refractivity (Wildman–Crippen MR) is 158 cm³/mol. The first-order chi connectivity index (χ1) is 19.9. The Balaban J connectivity index is 1.58. The molecular weight excluding hydrogens is 561 g/mol. The largest absolute Gasteiger partial charge is 0.495 e. The number of Topliss-reactive ketones (excluding diaryl/α,β-unsaturated/α-hetero) is 1. The van der Waals surface area contributed by atoms with E-state index in [-0.39, 0.29) is 28.2 Å². The second-order valence-corrected chi connectivity index (χ2v) is 12.3. The van der Waals surface area contributed by atoms with Gasteiger partial charge in [-0.2, -0.15) is 12.7 Å². The standard InChI is InChI=1S/C30H26FN5O5S/c1-30(26-23(13-14-25(41-4)27(26)32)35(29(30)38)18-11-9-17(31)10-12-18)28(37)21-15-20-19-7-5-6-8-22(19)36(24(20)16-33-21)42(39,40)34(2)3/h5-16H,32H2,1-4H3/t30-/m0/s1. The lowest BCUT2D eigenvalue weighted by Crippen LogP contribution is -2.43. The van der Waals surface area contributed by atoms with Crippen molar-refractivity contribution in [1.29, 1.82) is 0 Å². The third-order valence-electron chi connectivity index (χ3n) is 7.75. The molecule has 0 saturated heterocycles. The molecule has 3 aromatic carbocycles. The fourth-order valence-electron chi connectivity index (χ4n) is 5.60. The third kappa shape index (κ3) is 3.65. The number of rotatable bonds is 6. The molecule has 214 valence electrons. The second kappa shape index (κ2) is 9.36. The Labute approximate surface area is 240 Å². The van der Waals surface area contributed by atoms with E-state index in [0.29, 0.717) is 27.7 Å². The highest BCUT2D eigenvalue weighted by Crippen LogP contribution is 2.52. The molecule has 2 aromatic heterocycles. The number of carbonyl (C=O) groups excluding carboxylic acids is 2. The number of nitrogen functional groups attached to an aromatic ring is 1. The molecule has 0 bridgehead atoms. The van der Waals surface area contributed by atoms with Gasteiger partial charge in [0, 0.05) is 36.1 Å². The second-order valence-electron chi connectivity index (χ2n) is 10.3. The van der Waals surface area contributed by atoms with Crippen LogP contribution in [0.1, 0.15) is 23.0 Å². The molecule has 42 heavy (non-hydrogen) atoms. The Morgan fingerprint density at radius 3 is 2.38 bits per heavy atom. The summed E-state index contributed by atoms with van der Waals surface area (Å²) in [7, 11) is 0.341. The SMILES string of the molecule is COc1ccc2c(c1N)[C@@](C)(C(=O)c1cc3c4ccccc4n(S(=O)(=O)N(C)C)c3cn1)C(=O)N2c1ccc(F)cc1. The molecule has 0 saturated carbocycles.